The third-order valence-electron chi connectivity index (χ3n) is 3.48. The number of aromatic nitrogens is 2. The van der Waals surface area contributed by atoms with Crippen molar-refractivity contribution in [2.75, 3.05) is 13.1 Å². The predicted molar refractivity (Wildman–Crippen MR) is 96.2 cm³/mol. The van der Waals surface area contributed by atoms with E-state index in [2.05, 4.69) is 10.4 Å². The average Bonchev–Trinajstić information content (AvgIpc) is 2.98. The summed E-state index contributed by atoms with van der Waals surface area (Å²) >= 11 is 5.88. The summed E-state index contributed by atoms with van der Waals surface area (Å²) < 4.78 is 28.1. The SMILES string of the molecule is CC(C)c1c(C(=O)NCC(F)(F)CN)cnn1-c1ccc(Cl)cc1.Cl. The Balaban J connectivity index is 0.00000312. The summed E-state index contributed by atoms with van der Waals surface area (Å²) in [4.78, 5) is 12.3. The Morgan fingerprint density at radius 2 is 1.96 bits per heavy atom. The minimum atomic E-state index is -3.14. The van der Waals surface area contributed by atoms with Crippen molar-refractivity contribution in [2.45, 2.75) is 25.7 Å². The number of nitrogens with one attached hydrogen (secondary N) is 1. The summed E-state index contributed by atoms with van der Waals surface area (Å²) in [6, 6.07) is 6.96. The summed E-state index contributed by atoms with van der Waals surface area (Å²) in [5.41, 5.74) is 6.59. The van der Waals surface area contributed by atoms with Gasteiger partial charge >= 0.3 is 0 Å². The van der Waals surface area contributed by atoms with E-state index >= 15 is 0 Å². The Hall–Kier alpha value is -1.70. The minimum Gasteiger partial charge on any atom is -0.346 e. The van der Waals surface area contributed by atoms with Gasteiger partial charge in [0.05, 0.1) is 36.2 Å². The molecule has 0 radical (unpaired) electrons. The normalized spacial score (nSPS) is 11.3. The summed E-state index contributed by atoms with van der Waals surface area (Å²) in [5.74, 6) is -3.79. The Morgan fingerprint density at radius 1 is 1.36 bits per heavy atom. The molecule has 2 aromatic rings. The molecule has 2 rings (SSSR count). The van der Waals surface area contributed by atoms with Gasteiger partial charge in [0, 0.05) is 5.02 Å². The number of carbonyl (C=O) groups excluding carboxylic acids is 1. The first kappa shape index (κ1) is 21.3. The zero-order chi connectivity index (χ0) is 17.9. The van der Waals surface area contributed by atoms with Gasteiger partial charge in [-0.3, -0.25) is 4.79 Å². The monoisotopic (exact) mass is 392 g/mol. The molecule has 0 spiro atoms. The van der Waals surface area contributed by atoms with Gasteiger partial charge in [0.1, 0.15) is 0 Å². The second kappa shape index (κ2) is 8.60. The maximum absolute atomic E-state index is 13.2. The average molecular weight is 393 g/mol. The van der Waals surface area contributed by atoms with Crippen LogP contribution in [0.5, 0.6) is 0 Å². The van der Waals surface area contributed by atoms with Crippen molar-refractivity contribution in [3.8, 4) is 5.69 Å². The molecule has 0 saturated heterocycles. The second-order valence-corrected chi connectivity index (χ2v) is 6.17. The molecule has 25 heavy (non-hydrogen) atoms. The van der Waals surface area contributed by atoms with Crippen LogP contribution in [0.4, 0.5) is 8.78 Å². The molecule has 0 aliphatic carbocycles. The number of hydrogen-bond acceptors (Lipinski definition) is 3. The van der Waals surface area contributed by atoms with Gasteiger partial charge in [0.25, 0.3) is 11.8 Å². The molecule has 0 aliphatic rings. The van der Waals surface area contributed by atoms with E-state index < -0.39 is 24.9 Å². The van der Waals surface area contributed by atoms with Crippen molar-refractivity contribution in [3.05, 3.63) is 46.7 Å². The molecule has 0 saturated carbocycles. The fraction of sp³-hybridized carbons (Fsp3) is 0.375. The lowest BCUT2D eigenvalue weighted by Gasteiger charge is -2.16. The van der Waals surface area contributed by atoms with Crippen LogP contribution >= 0.6 is 24.0 Å². The first-order valence-electron chi connectivity index (χ1n) is 7.45. The molecule has 9 heteroatoms. The maximum atomic E-state index is 13.2. The molecule has 3 N–H and O–H groups in total. The zero-order valence-corrected chi connectivity index (χ0v) is 15.4. The van der Waals surface area contributed by atoms with Crippen molar-refractivity contribution in [3.63, 3.8) is 0 Å². The van der Waals surface area contributed by atoms with E-state index in [-0.39, 0.29) is 23.9 Å². The number of amides is 1. The Morgan fingerprint density at radius 3 is 2.48 bits per heavy atom. The highest BCUT2D eigenvalue weighted by atomic mass is 35.5. The first-order valence-corrected chi connectivity index (χ1v) is 7.83. The van der Waals surface area contributed by atoms with Crippen molar-refractivity contribution >= 4 is 29.9 Å². The van der Waals surface area contributed by atoms with Gasteiger partial charge in [-0.15, -0.1) is 12.4 Å². The quantitative estimate of drug-likeness (QED) is 0.790. The van der Waals surface area contributed by atoms with Gasteiger partial charge in [-0.1, -0.05) is 25.4 Å². The Bertz CT molecular complexity index is 717. The number of halogens is 4. The van der Waals surface area contributed by atoms with Crippen LogP contribution in [0.2, 0.25) is 5.02 Å². The van der Waals surface area contributed by atoms with Crippen LogP contribution in [0.1, 0.15) is 35.8 Å². The van der Waals surface area contributed by atoms with Crippen LogP contribution in [-0.4, -0.2) is 34.7 Å². The lowest BCUT2D eigenvalue weighted by molar-refractivity contribution is 0.0118. The highest BCUT2D eigenvalue weighted by molar-refractivity contribution is 6.30. The second-order valence-electron chi connectivity index (χ2n) is 5.73. The lowest BCUT2D eigenvalue weighted by Crippen LogP contribution is -2.41. The fourth-order valence-electron chi connectivity index (χ4n) is 2.25. The van der Waals surface area contributed by atoms with Gasteiger partial charge in [-0.25, -0.2) is 13.5 Å². The molecule has 138 valence electrons. The van der Waals surface area contributed by atoms with Crippen molar-refractivity contribution in [1.29, 1.82) is 0 Å². The van der Waals surface area contributed by atoms with Crippen molar-refractivity contribution in [2.24, 2.45) is 5.73 Å². The molecule has 5 nitrogen and oxygen atoms in total. The number of rotatable bonds is 6. The molecule has 1 aromatic heterocycles. The van der Waals surface area contributed by atoms with Crippen LogP contribution in [-0.2, 0) is 0 Å². The Labute approximate surface area is 155 Å². The smallest absolute Gasteiger partial charge is 0.277 e. The highest BCUT2D eigenvalue weighted by Gasteiger charge is 2.29. The number of hydrogen-bond donors (Lipinski definition) is 2. The van der Waals surface area contributed by atoms with E-state index in [0.717, 1.165) is 5.69 Å². The molecule has 1 amide bonds. The van der Waals surface area contributed by atoms with Crippen molar-refractivity contribution in [1.82, 2.24) is 15.1 Å². The van der Waals surface area contributed by atoms with E-state index in [0.29, 0.717) is 10.7 Å². The molecule has 0 fully saturated rings. The molecule has 0 aliphatic heterocycles. The predicted octanol–water partition coefficient (Wildman–Crippen LogP) is 3.39. The number of carbonyl (C=O) groups is 1. The summed E-state index contributed by atoms with van der Waals surface area (Å²) in [6.07, 6.45) is 1.37. The lowest BCUT2D eigenvalue weighted by atomic mass is 10.0. The van der Waals surface area contributed by atoms with Gasteiger partial charge in [-0.05, 0) is 30.2 Å². The van der Waals surface area contributed by atoms with E-state index in [9.17, 15) is 13.6 Å². The topological polar surface area (TPSA) is 72.9 Å². The molecule has 0 bridgehead atoms. The molecule has 0 atom stereocenters. The molecular formula is C16H20Cl2F2N4O. The number of nitrogens with two attached hydrogens (primary N) is 1. The van der Waals surface area contributed by atoms with Crippen LogP contribution in [0.15, 0.2) is 30.5 Å². The molecule has 1 aromatic carbocycles. The van der Waals surface area contributed by atoms with Crippen LogP contribution in [0.25, 0.3) is 5.69 Å². The zero-order valence-electron chi connectivity index (χ0n) is 13.8. The van der Waals surface area contributed by atoms with Crippen molar-refractivity contribution < 1.29 is 13.6 Å². The highest BCUT2D eigenvalue weighted by Crippen LogP contribution is 2.24. The number of alkyl halides is 2. The first-order chi connectivity index (χ1) is 11.2. The van der Waals surface area contributed by atoms with E-state index in [4.69, 9.17) is 17.3 Å². The molecular weight excluding hydrogens is 373 g/mol. The minimum absolute atomic E-state index is 0. The Kier molecular flexibility index (Phi) is 7.34. The third-order valence-corrected chi connectivity index (χ3v) is 3.73. The maximum Gasteiger partial charge on any atom is 0.277 e. The summed E-state index contributed by atoms with van der Waals surface area (Å²) in [5, 5.41) is 7.02. The number of benzene rings is 1. The molecule has 1 heterocycles. The summed E-state index contributed by atoms with van der Waals surface area (Å²) in [7, 11) is 0. The fourth-order valence-corrected chi connectivity index (χ4v) is 2.38. The van der Waals surface area contributed by atoms with Crippen LogP contribution < -0.4 is 11.1 Å². The van der Waals surface area contributed by atoms with Gasteiger partial charge < -0.3 is 11.1 Å². The third kappa shape index (κ3) is 5.14. The van der Waals surface area contributed by atoms with Gasteiger partial charge in [0.2, 0.25) is 0 Å². The van der Waals surface area contributed by atoms with Crippen LogP contribution in [0, 0.1) is 0 Å². The molecule has 0 unspecified atom stereocenters. The van der Waals surface area contributed by atoms with E-state index in [1.165, 1.54) is 6.20 Å². The van der Waals surface area contributed by atoms with Gasteiger partial charge in [0.15, 0.2) is 0 Å². The standard InChI is InChI=1S/C16H19ClF2N4O.ClH/c1-10(2)14-13(15(24)21-9-16(18,19)8-20)7-22-23(14)12-5-3-11(17)4-6-12;/h3-7,10H,8-9,20H2,1-2H3,(H,21,24);1H. The van der Waals surface area contributed by atoms with E-state index in [1.54, 1.807) is 28.9 Å². The van der Waals surface area contributed by atoms with Gasteiger partial charge in [-0.2, -0.15) is 5.10 Å². The van der Waals surface area contributed by atoms with E-state index in [1.807, 2.05) is 13.8 Å². The summed E-state index contributed by atoms with van der Waals surface area (Å²) in [6.45, 7) is 2.16. The van der Waals surface area contributed by atoms with Crippen LogP contribution in [0.3, 0.4) is 0 Å². The number of nitrogens with zero attached hydrogens (tertiary/aromatic N) is 2. The largest absolute Gasteiger partial charge is 0.346 e.